The number of hydrogen-bond donors (Lipinski definition) is 1. The van der Waals surface area contributed by atoms with Crippen LogP contribution in [0.5, 0.6) is 0 Å². The van der Waals surface area contributed by atoms with E-state index in [1.165, 1.54) is 0 Å². The van der Waals surface area contributed by atoms with E-state index in [0.717, 1.165) is 11.3 Å². The van der Waals surface area contributed by atoms with Gasteiger partial charge < -0.3 is 14.3 Å². The average Bonchev–Trinajstić information content (AvgIpc) is 3.09. The fourth-order valence-electron chi connectivity index (χ4n) is 1.73. The molecule has 2 aromatic heterocycles. The van der Waals surface area contributed by atoms with Crippen LogP contribution in [0.15, 0.2) is 51.6 Å². The summed E-state index contributed by atoms with van der Waals surface area (Å²) >= 11 is 0. The van der Waals surface area contributed by atoms with Gasteiger partial charge in [0.1, 0.15) is 0 Å². The van der Waals surface area contributed by atoms with E-state index in [9.17, 15) is 0 Å². The molecule has 18 heavy (non-hydrogen) atoms. The number of hydrogen-bond acceptors (Lipinski definition) is 5. The molecule has 0 aliphatic carbocycles. The van der Waals surface area contributed by atoms with E-state index in [0.29, 0.717) is 17.5 Å². The number of nitrogens with zero attached hydrogens (tertiary/aromatic N) is 2. The molecule has 1 aromatic carbocycles. The first-order valence-electron chi connectivity index (χ1n) is 5.53. The third-order valence-corrected chi connectivity index (χ3v) is 2.59. The molecule has 5 nitrogen and oxygen atoms in total. The summed E-state index contributed by atoms with van der Waals surface area (Å²) in [6.45, 7) is 0. The number of benzene rings is 1. The van der Waals surface area contributed by atoms with Gasteiger partial charge in [-0.3, -0.25) is 0 Å². The monoisotopic (exact) mass is 241 g/mol. The van der Waals surface area contributed by atoms with Crippen LogP contribution in [-0.4, -0.2) is 17.2 Å². The normalized spacial score (nSPS) is 10.5. The lowest BCUT2D eigenvalue weighted by Crippen LogP contribution is -1.91. The zero-order valence-corrected chi connectivity index (χ0v) is 9.75. The molecule has 0 fully saturated rings. The lowest BCUT2D eigenvalue weighted by atomic mass is 10.2. The predicted octanol–water partition coefficient (Wildman–Crippen LogP) is 3.04. The summed E-state index contributed by atoms with van der Waals surface area (Å²) in [4.78, 5) is 4.32. The van der Waals surface area contributed by atoms with E-state index >= 15 is 0 Å². The molecule has 0 saturated heterocycles. The van der Waals surface area contributed by atoms with Gasteiger partial charge in [0, 0.05) is 12.7 Å². The molecule has 0 aliphatic rings. The first-order chi connectivity index (χ1) is 8.88. The fraction of sp³-hybridized carbons (Fsp3) is 0.0769. The molecule has 90 valence electrons. The zero-order valence-electron chi connectivity index (χ0n) is 9.75. The molecule has 0 aliphatic heterocycles. The maximum atomic E-state index is 5.26. The van der Waals surface area contributed by atoms with Crippen LogP contribution in [0.4, 0.5) is 5.69 Å². The lowest BCUT2D eigenvalue weighted by molar-refractivity contribution is 0.429. The Morgan fingerprint density at radius 3 is 2.78 bits per heavy atom. The Morgan fingerprint density at radius 1 is 1.11 bits per heavy atom. The van der Waals surface area contributed by atoms with Gasteiger partial charge in [0.25, 0.3) is 5.89 Å². The molecule has 0 radical (unpaired) electrons. The SMILES string of the molecule is CNc1ccccc1-c1nc(-c2ccco2)no1. The molecule has 0 unspecified atom stereocenters. The molecule has 2 heterocycles. The van der Waals surface area contributed by atoms with Gasteiger partial charge in [0.05, 0.1) is 11.8 Å². The molecule has 0 spiro atoms. The topological polar surface area (TPSA) is 64.1 Å². The highest BCUT2D eigenvalue weighted by Gasteiger charge is 2.14. The van der Waals surface area contributed by atoms with E-state index < -0.39 is 0 Å². The third kappa shape index (κ3) is 1.75. The van der Waals surface area contributed by atoms with Crippen molar-refractivity contribution in [3.05, 3.63) is 42.7 Å². The number of anilines is 1. The van der Waals surface area contributed by atoms with E-state index in [2.05, 4.69) is 15.5 Å². The summed E-state index contributed by atoms with van der Waals surface area (Å²) in [6.07, 6.45) is 1.58. The minimum Gasteiger partial charge on any atom is -0.461 e. The number of furan rings is 1. The number of para-hydroxylation sites is 1. The van der Waals surface area contributed by atoms with E-state index in [4.69, 9.17) is 8.94 Å². The van der Waals surface area contributed by atoms with E-state index in [1.807, 2.05) is 31.3 Å². The summed E-state index contributed by atoms with van der Waals surface area (Å²) in [6, 6.07) is 11.3. The van der Waals surface area contributed by atoms with Crippen molar-refractivity contribution in [2.75, 3.05) is 12.4 Å². The van der Waals surface area contributed by atoms with Gasteiger partial charge in [-0.25, -0.2) is 0 Å². The molecular weight excluding hydrogens is 230 g/mol. The Labute approximate surface area is 103 Å². The van der Waals surface area contributed by atoms with Gasteiger partial charge in [0.2, 0.25) is 5.82 Å². The Hall–Kier alpha value is -2.56. The number of nitrogens with one attached hydrogen (secondary N) is 1. The molecule has 3 rings (SSSR count). The van der Waals surface area contributed by atoms with Gasteiger partial charge in [0.15, 0.2) is 5.76 Å². The molecular formula is C13H11N3O2. The van der Waals surface area contributed by atoms with Crippen molar-refractivity contribution in [1.82, 2.24) is 10.1 Å². The molecule has 1 N–H and O–H groups in total. The largest absolute Gasteiger partial charge is 0.461 e. The fourth-order valence-corrected chi connectivity index (χ4v) is 1.73. The summed E-state index contributed by atoms with van der Waals surface area (Å²) in [5.74, 6) is 1.50. The molecule has 3 aromatic rings. The molecule has 0 saturated carbocycles. The minimum atomic E-state index is 0.445. The van der Waals surface area contributed by atoms with Gasteiger partial charge >= 0.3 is 0 Å². The number of rotatable bonds is 3. The van der Waals surface area contributed by atoms with Crippen molar-refractivity contribution in [2.45, 2.75) is 0 Å². The van der Waals surface area contributed by atoms with Crippen molar-refractivity contribution in [3.63, 3.8) is 0 Å². The Kier molecular flexibility index (Phi) is 2.57. The highest BCUT2D eigenvalue weighted by atomic mass is 16.5. The quantitative estimate of drug-likeness (QED) is 0.763. The lowest BCUT2D eigenvalue weighted by Gasteiger charge is -2.03. The summed E-state index contributed by atoms with van der Waals surface area (Å²) in [5.41, 5.74) is 1.80. The molecule has 0 bridgehead atoms. The van der Waals surface area contributed by atoms with Crippen molar-refractivity contribution in [1.29, 1.82) is 0 Å². The van der Waals surface area contributed by atoms with Crippen molar-refractivity contribution in [2.24, 2.45) is 0 Å². The Morgan fingerprint density at radius 2 is 2.00 bits per heavy atom. The van der Waals surface area contributed by atoms with Crippen LogP contribution in [0.2, 0.25) is 0 Å². The Bertz CT molecular complexity index is 644. The van der Waals surface area contributed by atoms with Gasteiger partial charge in [-0.05, 0) is 24.3 Å². The van der Waals surface area contributed by atoms with Crippen LogP contribution >= 0.6 is 0 Å². The van der Waals surface area contributed by atoms with E-state index in [-0.39, 0.29) is 0 Å². The second-order valence-corrected chi connectivity index (χ2v) is 3.70. The van der Waals surface area contributed by atoms with Crippen LogP contribution in [0, 0.1) is 0 Å². The van der Waals surface area contributed by atoms with Crippen LogP contribution in [-0.2, 0) is 0 Å². The highest BCUT2D eigenvalue weighted by Crippen LogP contribution is 2.27. The van der Waals surface area contributed by atoms with Crippen molar-refractivity contribution >= 4 is 5.69 Å². The first-order valence-corrected chi connectivity index (χ1v) is 5.53. The minimum absolute atomic E-state index is 0.445. The maximum Gasteiger partial charge on any atom is 0.260 e. The number of aromatic nitrogens is 2. The average molecular weight is 241 g/mol. The molecule has 0 atom stereocenters. The van der Waals surface area contributed by atoms with Crippen LogP contribution < -0.4 is 5.32 Å². The Balaban J connectivity index is 2.03. The highest BCUT2D eigenvalue weighted by molar-refractivity contribution is 5.72. The summed E-state index contributed by atoms with van der Waals surface area (Å²) in [5, 5.41) is 6.99. The third-order valence-electron chi connectivity index (χ3n) is 2.59. The summed E-state index contributed by atoms with van der Waals surface area (Å²) in [7, 11) is 1.85. The first kappa shape index (κ1) is 10.6. The second-order valence-electron chi connectivity index (χ2n) is 3.70. The van der Waals surface area contributed by atoms with Gasteiger partial charge in [-0.1, -0.05) is 17.3 Å². The zero-order chi connectivity index (χ0) is 12.4. The maximum absolute atomic E-state index is 5.26. The summed E-state index contributed by atoms with van der Waals surface area (Å²) < 4.78 is 10.5. The molecule has 0 amide bonds. The van der Waals surface area contributed by atoms with Crippen LogP contribution in [0.1, 0.15) is 0 Å². The van der Waals surface area contributed by atoms with Crippen molar-refractivity contribution in [3.8, 4) is 23.0 Å². The van der Waals surface area contributed by atoms with Gasteiger partial charge in [-0.2, -0.15) is 4.98 Å². The standard InChI is InChI=1S/C13H11N3O2/c1-14-10-6-3-2-5-9(10)13-15-12(16-18-13)11-7-4-8-17-11/h2-8,14H,1H3. The second kappa shape index (κ2) is 4.37. The van der Waals surface area contributed by atoms with E-state index in [1.54, 1.807) is 18.4 Å². The van der Waals surface area contributed by atoms with Crippen molar-refractivity contribution < 1.29 is 8.94 Å². The van der Waals surface area contributed by atoms with Gasteiger partial charge in [-0.15, -0.1) is 0 Å². The smallest absolute Gasteiger partial charge is 0.260 e. The van der Waals surface area contributed by atoms with Crippen LogP contribution in [0.3, 0.4) is 0 Å². The molecule has 5 heteroatoms. The predicted molar refractivity (Wildman–Crippen MR) is 67.0 cm³/mol. The van der Waals surface area contributed by atoms with Crippen LogP contribution in [0.25, 0.3) is 23.0 Å².